The van der Waals surface area contributed by atoms with Gasteiger partial charge in [-0.25, -0.2) is 0 Å². The molecule has 1 aliphatic heterocycles. The van der Waals surface area contributed by atoms with E-state index in [0.717, 1.165) is 48.4 Å². The maximum absolute atomic E-state index is 12.8. The Morgan fingerprint density at radius 1 is 0.944 bits per heavy atom. The maximum atomic E-state index is 12.8. The lowest BCUT2D eigenvalue weighted by Gasteiger charge is -2.41. The predicted molar refractivity (Wildman–Crippen MR) is 147 cm³/mol. The molecule has 0 aromatic heterocycles. The number of halogens is 1. The van der Waals surface area contributed by atoms with E-state index >= 15 is 0 Å². The van der Waals surface area contributed by atoms with Crippen molar-refractivity contribution in [3.63, 3.8) is 0 Å². The highest BCUT2D eigenvalue weighted by Gasteiger charge is 2.44. The highest BCUT2D eigenvalue weighted by Crippen LogP contribution is 2.46. The molecule has 0 amide bonds. The van der Waals surface area contributed by atoms with Crippen LogP contribution in [0.3, 0.4) is 0 Å². The molecular weight excluding hydrogens is 474 g/mol. The van der Waals surface area contributed by atoms with E-state index < -0.39 is 5.60 Å². The minimum absolute atomic E-state index is 0. The number of rotatable bonds is 11. The van der Waals surface area contributed by atoms with Crippen LogP contribution in [0.25, 0.3) is 0 Å². The molecule has 0 spiro atoms. The predicted octanol–water partition coefficient (Wildman–Crippen LogP) is 5.65. The first-order valence-corrected chi connectivity index (χ1v) is 12.6. The van der Waals surface area contributed by atoms with Gasteiger partial charge in [0.2, 0.25) is 0 Å². The third-order valence-electron chi connectivity index (χ3n) is 6.83. The first kappa shape index (κ1) is 28.0. The van der Waals surface area contributed by atoms with Crippen LogP contribution in [0.5, 0.6) is 11.5 Å². The van der Waals surface area contributed by atoms with E-state index in [1.807, 2.05) is 66.7 Å². The third kappa shape index (κ3) is 6.40. The number of ether oxygens (including phenoxy) is 3. The van der Waals surface area contributed by atoms with Gasteiger partial charge in [0.15, 0.2) is 0 Å². The summed E-state index contributed by atoms with van der Waals surface area (Å²) in [4.78, 5) is 2.38. The molecular formula is C30H38ClNO4. The fourth-order valence-corrected chi connectivity index (χ4v) is 4.85. The Labute approximate surface area is 221 Å². The van der Waals surface area contributed by atoms with Crippen molar-refractivity contribution < 1.29 is 19.3 Å². The van der Waals surface area contributed by atoms with E-state index in [2.05, 4.69) is 24.0 Å². The van der Waals surface area contributed by atoms with Gasteiger partial charge in [0, 0.05) is 31.1 Å². The lowest BCUT2D eigenvalue weighted by atomic mass is 9.72. The number of nitrogens with zero attached hydrogens (tertiary/aromatic N) is 1. The quantitative estimate of drug-likeness (QED) is 0.337. The third-order valence-corrected chi connectivity index (χ3v) is 6.83. The van der Waals surface area contributed by atoms with Gasteiger partial charge in [-0.05, 0) is 35.7 Å². The van der Waals surface area contributed by atoms with E-state index in [-0.39, 0.29) is 18.3 Å². The molecule has 1 N–H and O–H groups in total. The summed E-state index contributed by atoms with van der Waals surface area (Å²) in [7, 11) is 1.66. The van der Waals surface area contributed by atoms with Gasteiger partial charge in [-0.3, -0.25) is 4.90 Å². The van der Waals surface area contributed by atoms with Crippen LogP contribution in [-0.2, 0) is 10.3 Å². The minimum atomic E-state index is -1.33. The monoisotopic (exact) mass is 511 g/mol. The highest BCUT2D eigenvalue weighted by atomic mass is 35.5. The minimum Gasteiger partial charge on any atom is -0.496 e. The Morgan fingerprint density at radius 2 is 1.61 bits per heavy atom. The zero-order valence-electron chi connectivity index (χ0n) is 21.3. The Hall–Kier alpha value is -2.57. The number of hydrogen-bond donors (Lipinski definition) is 1. The maximum Gasteiger partial charge on any atom is 0.126 e. The summed E-state index contributed by atoms with van der Waals surface area (Å²) in [6, 6.07) is 26.0. The average Bonchev–Trinajstić information content (AvgIpc) is 2.93. The summed E-state index contributed by atoms with van der Waals surface area (Å²) in [5.41, 5.74) is 1.32. The molecule has 2 unspecified atom stereocenters. The van der Waals surface area contributed by atoms with Crippen LogP contribution in [0.4, 0.5) is 0 Å². The van der Waals surface area contributed by atoms with Crippen LogP contribution in [-0.4, -0.2) is 56.6 Å². The highest BCUT2D eigenvalue weighted by molar-refractivity contribution is 5.85. The molecule has 1 saturated heterocycles. The normalized spacial score (nSPS) is 16.4. The van der Waals surface area contributed by atoms with Crippen LogP contribution < -0.4 is 9.47 Å². The molecule has 0 bridgehead atoms. The van der Waals surface area contributed by atoms with E-state index in [1.165, 1.54) is 0 Å². The van der Waals surface area contributed by atoms with Gasteiger partial charge in [0.25, 0.3) is 0 Å². The molecule has 2 atom stereocenters. The molecule has 5 nitrogen and oxygen atoms in total. The standard InChI is InChI=1S/C30H37NO4.ClH/c1-3-4-20-35-26-16-14-25(15-17-26)30(32,27-12-8-9-13-29(27)33-2)28(24-10-6-5-7-11-24)23-31-18-21-34-22-19-31;/h5-17,28,32H,3-4,18-23H2,1-2H3;1H. The van der Waals surface area contributed by atoms with E-state index in [0.29, 0.717) is 32.1 Å². The van der Waals surface area contributed by atoms with Gasteiger partial charge in [0.05, 0.1) is 26.9 Å². The molecule has 6 heteroatoms. The van der Waals surface area contributed by atoms with E-state index in [4.69, 9.17) is 14.2 Å². The number of methoxy groups -OCH3 is 1. The van der Waals surface area contributed by atoms with Crippen LogP contribution in [0.15, 0.2) is 78.9 Å². The second kappa shape index (κ2) is 13.7. The molecule has 0 saturated carbocycles. The van der Waals surface area contributed by atoms with Crippen molar-refractivity contribution in [3.8, 4) is 11.5 Å². The molecule has 0 aliphatic carbocycles. The smallest absolute Gasteiger partial charge is 0.126 e. The molecule has 3 aromatic rings. The molecule has 1 fully saturated rings. The Balaban J connectivity index is 0.00000361. The van der Waals surface area contributed by atoms with Crippen molar-refractivity contribution in [2.45, 2.75) is 31.3 Å². The number of benzene rings is 3. The topological polar surface area (TPSA) is 51.2 Å². The molecule has 0 radical (unpaired) electrons. The summed E-state index contributed by atoms with van der Waals surface area (Å²) in [6.07, 6.45) is 2.11. The summed E-state index contributed by atoms with van der Waals surface area (Å²) >= 11 is 0. The van der Waals surface area contributed by atoms with Crippen LogP contribution in [0, 0.1) is 0 Å². The average molecular weight is 512 g/mol. The fraction of sp³-hybridized carbons (Fsp3) is 0.400. The molecule has 1 heterocycles. The van der Waals surface area contributed by atoms with Crippen LogP contribution in [0.2, 0.25) is 0 Å². The van der Waals surface area contributed by atoms with Crippen molar-refractivity contribution in [1.82, 2.24) is 4.90 Å². The largest absolute Gasteiger partial charge is 0.496 e. The first-order chi connectivity index (χ1) is 17.2. The second-order valence-corrected chi connectivity index (χ2v) is 9.07. The first-order valence-electron chi connectivity index (χ1n) is 12.6. The zero-order valence-corrected chi connectivity index (χ0v) is 22.1. The number of aliphatic hydroxyl groups is 1. The van der Waals surface area contributed by atoms with Crippen molar-refractivity contribution >= 4 is 12.4 Å². The van der Waals surface area contributed by atoms with Crippen LogP contribution >= 0.6 is 12.4 Å². The Bertz CT molecular complexity index is 1040. The van der Waals surface area contributed by atoms with Crippen molar-refractivity contribution in [3.05, 3.63) is 95.6 Å². The number of hydrogen-bond acceptors (Lipinski definition) is 5. The van der Waals surface area contributed by atoms with Gasteiger partial charge >= 0.3 is 0 Å². The lowest BCUT2D eigenvalue weighted by molar-refractivity contribution is -0.000153. The molecule has 36 heavy (non-hydrogen) atoms. The number of para-hydroxylation sites is 1. The summed E-state index contributed by atoms with van der Waals surface area (Å²) < 4.78 is 17.3. The molecule has 194 valence electrons. The summed E-state index contributed by atoms with van der Waals surface area (Å²) in [5.74, 6) is 1.25. The van der Waals surface area contributed by atoms with Crippen molar-refractivity contribution in [2.24, 2.45) is 0 Å². The van der Waals surface area contributed by atoms with Crippen molar-refractivity contribution in [2.75, 3.05) is 46.6 Å². The lowest BCUT2D eigenvalue weighted by Crippen LogP contribution is -2.45. The second-order valence-electron chi connectivity index (χ2n) is 9.07. The SMILES string of the molecule is CCCCOc1ccc(C(O)(c2ccccc2OC)C(CN2CCOCC2)c2ccccc2)cc1.Cl. The van der Waals surface area contributed by atoms with Gasteiger partial charge in [-0.2, -0.15) is 0 Å². The van der Waals surface area contributed by atoms with Crippen LogP contribution in [0.1, 0.15) is 42.4 Å². The zero-order chi connectivity index (χ0) is 24.5. The van der Waals surface area contributed by atoms with Gasteiger partial charge in [-0.1, -0.05) is 74.0 Å². The van der Waals surface area contributed by atoms with Crippen molar-refractivity contribution in [1.29, 1.82) is 0 Å². The molecule has 1 aliphatic rings. The number of unbranched alkanes of at least 4 members (excludes halogenated alkanes) is 1. The summed E-state index contributed by atoms with van der Waals surface area (Å²) in [6.45, 7) is 6.63. The van der Waals surface area contributed by atoms with E-state index in [1.54, 1.807) is 7.11 Å². The van der Waals surface area contributed by atoms with Gasteiger partial charge < -0.3 is 19.3 Å². The van der Waals surface area contributed by atoms with Gasteiger partial charge in [0.1, 0.15) is 17.1 Å². The summed E-state index contributed by atoms with van der Waals surface area (Å²) in [5, 5.41) is 12.8. The Kier molecular flexibility index (Phi) is 10.6. The molecule has 4 rings (SSSR count). The fourth-order valence-electron chi connectivity index (χ4n) is 4.85. The number of morpholine rings is 1. The Morgan fingerprint density at radius 3 is 2.28 bits per heavy atom. The van der Waals surface area contributed by atoms with E-state index in [9.17, 15) is 5.11 Å². The molecule has 3 aromatic carbocycles. The van der Waals surface area contributed by atoms with Gasteiger partial charge in [-0.15, -0.1) is 12.4 Å².